The fourth-order valence-corrected chi connectivity index (χ4v) is 4.47. The Hall–Kier alpha value is -3.72. The smallest absolute Gasteiger partial charge is 0.414 e. The number of benzene rings is 2. The number of esters is 1. The Labute approximate surface area is 215 Å². The summed E-state index contributed by atoms with van der Waals surface area (Å²) in [6, 6.07) is 13.7. The van der Waals surface area contributed by atoms with Gasteiger partial charge in [-0.3, -0.25) is 4.79 Å². The number of hydrogen-bond donors (Lipinski definition) is 2. The van der Waals surface area contributed by atoms with E-state index < -0.39 is 24.3 Å². The number of ether oxygens (including phenoxy) is 2. The third-order valence-electron chi connectivity index (χ3n) is 6.32. The zero-order chi connectivity index (χ0) is 26.5. The van der Waals surface area contributed by atoms with Crippen LogP contribution in [-0.2, 0) is 22.5 Å². The van der Waals surface area contributed by atoms with Gasteiger partial charge in [-0.05, 0) is 55.5 Å². The van der Waals surface area contributed by atoms with E-state index in [9.17, 15) is 19.1 Å². The van der Waals surface area contributed by atoms with Gasteiger partial charge in [0, 0.05) is 18.5 Å². The number of aliphatic hydroxyl groups excluding tert-OH is 1. The number of aliphatic hydroxyl groups is 1. The van der Waals surface area contributed by atoms with Crippen molar-refractivity contribution in [2.75, 3.05) is 0 Å². The van der Waals surface area contributed by atoms with Crippen LogP contribution in [0.25, 0.3) is 5.69 Å². The van der Waals surface area contributed by atoms with Gasteiger partial charge in [-0.25, -0.2) is 13.9 Å². The van der Waals surface area contributed by atoms with E-state index in [0.717, 1.165) is 22.4 Å². The minimum Gasteiger partial charge on any atom is -0.462 e. The van der Waals surface area contributed by atoms with Gasteiger partial charge in [-0.2, -0.15) is 0 Å². The predicted molar refractivity (Wildman–Crippen MR) is 135 cm³/mol. The van der Waals surface area contributed by atoms with Gasteiger partial charge in [0.2, 0.25) is 5.88 Å². The van der Waals surface area contributed by atoms with Crippen molar-refractivity contribution in [3.05, 3.63) is 76.7 Å². The third kappa shape index (κ3) is 6.74. The van der Waals surface area contributed by atoms with Crippen molar-refractivity contribution < 1.29 is 28.6 Å². The van der Waals surface area contributed by atoms with E-state index in [1.54, 1.807) is 16.8 Å². The first-order valence-electron chi connectivity index (χ1n) is 12.5. The second-order valence-electron chi connectivity index (χ2n) is 9.68. The minimum atomic E-state index is -0.728. The van der Waals surface area contributed by atoms with Crippen LogP contribution in [0.3, 0.4) is 0 Å². The highest BCUT2D eigenvalue weighted by atomic mass is 19.1. The molecule has 3 aromatic rings. The summed E-state index contributed by atoms with van der Waals surface area (Å²) >= 11 is 0. The number of carbonyl (C=O) groups excluding carboxylic acids is 2. The molecule has 0 saturated carbocycles. The monoisotopic (exact) mass is 509 g/mol. The van der Waals surface area contributed by atoms with E-state index in [2.05, 4.69) is 10.4 Å². The fourth-order valence-electron chi connectivity index (χ4n) is 4.47. The molecule has 0 aliphatic carbocycles. The first-order valence-corrected chi connectivity index (χ1v) is 12.5. The number of nitrogens with zero attached hydrogens (tertiary/aromatic N) is 2. The lowest BCUT2D eigenvalue weighted by atomic mass is 9.96. The quantitative estimate of drug-likeness (QED) is 0.426. The Morgan fingerprint density at radius 3 is 2.57 bits per heavy atom. The molecule has 2 atom stereocenters. The van der Waals surface area contributed by atoms with Gasteiger partial charge in [0.25, 0.3) is 0 Å². The summed E-state index contributed by atoms with van der Waals surface area (Å²) in [6.45, 7) is 6.24. The average molecular weight is 510 g/mol. The lowest BCUT2D eigenvalue weighted by Gasteiger charge is -2.26. The van der Waals surface area contributed by atoms with E-state index in [1.165, 1.54) is 12.1 Å². The lowest BCUT2D eigenvalue weighted by molar-refractivity contribution is -0.160. The van der Waals surface area contributed by atoms with E-state index in [-0.39, 0.29) is 24.0 Å². The molecule has 0 bridgehead atoms. The number of hydrogen-bond acceptors (Lipinski definition) is 6. The Bertz CT molecular complexity index is 1240. The highest BCUT2D eigenvalue weighted by Crippen LogP contribution is 2.33. The second-order valence-corrected chi connectivity index (χ2v) is 9.68. The molecular formula is C28H32FN3O5. The Morgan fingerprint density at radius 1 is 1.22 bits per heavy atom. The molecule has 1 amide bonds. The molecule has 4 rings (SSSR count). The number of nitrogens with one attached hydrogen (secondary N) is 1. The third-order valence-corrected chi connectivity index (χ3v) is 6.32. The van der Waals surface area contributed by atoms with Crippen molar-refractivity contribution in [1.82, 2.24) is 15.1 Å². The normalized spacial score (nSPS) is 17.5. The summed E-state index contributed by atoms with van der Waals surface area (Å²) in [5.74, 6) is -0.689. The van der Waals surface area contributed by atoms with Gasteiger partial charge < -0.3 is 19.9 Å². The van der Waals surface area contributed by atoms with Gasteiger partial charge in [0.1, 0.15) is 11.9 Å². The number of cyclic esters (lactones) is 1. The van der Waals surface area contributed by atoms with Crippen LogP contribution in [0.5, 0.6) is 5.88 Å². The molecule has 1 saturated heterocycles. The standard InChI is InChI=1S/C28H32FN3O5/c1-17(2)26-24(13-12-23-14-22(33)15-25(34)36-23)32(21-10-8-20(29)9-11-21)31-27(26)37-28(35)30-16-19-6-4-18(3)5-7-19/h4-11,17,22-23,33H,12-16H2,1-3H3,(H,30,35). The fraction of sp³-hybridized carbons (Fsp3) is 0.393. The SMILES string of the molecule is Cc1ccc(CNC(=O)Oc2nn(-c3ccc(F)cc3)c(CCC3CC(O)CC(=O)O3)c2C(C)C)cc1. The Balaban J connectivity index is 1.59. The van der Waals surface area contributed by atoms with Crippen molar-refractivity contribution in [2.24, 2.45) is 0 Å². The summed E-state index contributed by atoms with van der Waals surface area (Å²) in [6.07, 6.45) is -0.549. The van der Waals surface area contributed by atoms with Crippen LogP contribution in [-0.4, -0.2) is 39.2 Å². The van der Waals surface area contributed by atoms with Gasteiger partial charge in [-0.15, -0.1) is 5.10 Å². The van der Waals surface area contributed by atoms with E-state index in [4.69, 9.17) is 9.47 Å². The number of aryl methyl sites for hydroxylation is 1. The maximum absolute atomic E-state index is 13.6. The summed E-state index contributed by atoms with van der Waals surface area (Å²) in [4.78, 5) is 24.5. The van der Waals surface area contributed by atoms with Crippen molar-refractivity contribution in [2.45, 2.75) is 71.1 Å². The Morgan fingerprint density at radius 2 is 1.92 bits per heavy atom. The molecule has 0 spiro atoms. The van der Waals surface area contributed by atoms with Crippen molar-refractivity contribution in [3.63, 3.8) is 0 Å². The van der Waals surface area contributed by atoms with Crippen LogP contribution in [0.2, 0.25) is 0 Å². The van der Waals surface area contributed by atoms with Gasteiger partial charge in [-0.1, -0.05) is 43.7 Å². The molecule has 196 valence electrons. The van der Waals surface area contributed by atoms with E-state index in [0.29, 0.717) is 31.5 Å². The average Bonchev–Trinajstić information content (AvgIpc) is 3.20. The molecule has 1 aromatic heterocycles. The van der Waals surface area contributed by atoms with Crippen LogP contribution in [0, 0.1) is 12.7 Å². The lowest BCUT2D eigenvalue weighted by Crippen LogP contribution is -2.33. The zero-order valence-electron chi connectivity index (χ0n) is 21.2. The van der Waals surface area contributed by atoms with Crippen LogP contribution >= 0.6 is 0 Å². The van der Waals surface area contributed by atoms with Crippen LogP contribution in [0.15, 0.2) is 48.5 Å². The number of aromatic nitrogens is 2. The van der Waals surface area contributed by atoms with Crippen molar-refractivity contribution in [3.8, 4) is 11.6 Å². The molecule has 1 aliphatic rings. The molecular weight excluding hydrogens is 477 g/mol. The van der Waals surface area contributed by atoms with Gasteiger partial charge in [0.15, 0.2) is 0 Å². The minimum absolute atomic E-state index is 0.00303. The summed E-state index contributed by atoms with van der Waals surface area (Å²) < 4.78 is 26.3. The van der Waals surface area contributed by atoms with Crippen LogP contribution < -0.4 is 10.1 Å². The number of rotatable bonds is 8. The number of halogens is 1. The molecule has 1 fully saturated rings. The Kier molecular flexibility index (Phi) is 8.23. The molecule has 37 heavy (non-hydrogen) atoms. The molecule has 9 heteroatoms. The van der Waals surface area contributed by atoms with Gasteiger partial charge in [0.05, 0.1) is 23.9 Å². The second kappa shape index (κ2) is 11.6. The molecule has 2 aromatic carbocycles. The molecule has 8 nitrogen and oxygen atoms in total. The zero-order valence-corrected chi connectivity index (χ0v) is 21.2. The summed E-state index contributed by atoms with van der Waals surface area (Å²) in [5.41, 5.74) is 4.17. The topological polar surface area (TPSA) is 103 Å². The number of carbonyl (C=O) groups is 2. The molecule has 1 aliphatic heterocycles. The molecule has 2 heterocycles. The van der Waals surface area contributed by atoms with Crippen molar-refractivity contribution >= 4 is 12.1 Å². The molecule has 2 unspecified atom stereocenters. The highest BCUT2D eigenvalue weighted by molar-refractivity contribution is 5.71. The van der Waals surface area contributed by atoms with Crippen LogP contribution in [0.4, 0.5) is 9.18 Å². The summed E-state index contributed by atoms with van der Waals surface area (Å²) in [7, 11) is 0. The highest BCUT2D eigenvalue weighted by Gasteiger charge is 2.29. The van der Waals surface area contributed by atoms with Crippen LogP contribution in [0.1, 0.15) is 61.4 Å². The predicted octanol–water partition coefficient (Wildman–Crippen LogP) is 4.73. The van der Waals surface area contributed by atoms with Crippen molar-refractivity contribution in [1.29, 1.82) is 0 Å². The maximum atomic E-state index is 13.6. The largest absolute Gasteiger partial charge is 0.462 e. The number of amides is 1. The first-order chi connectivity index (χ1) is 17.7. The van der Waals surface area contributed by atoms with Gasteiger partial charge >= 0.3 is 12.1 Å². The first kappa shape index (κ1) is 26.3. The maximum Gasteiger partial charge on any atom is 0.414 e. The molecule has 0 radical (unpaired) electrons. The molecule has 2 N–H and O–H groups in total. The summed E-state index contributed by atoms with van der Waals surface area (Å²) in [5, 5.41) is 17.3. The van der Waals surface area contributed by atoms with E-state index in [1.807, 2.05) is 45.0 Å². The van der Waals surface area contributed by atoms with E-state index >= 15 is 0 Å².